The molecule has 0 aromatic rings. The summed E-state index contributed by atoms with van der Waals surface area (Å²) in [5.74, 6) is -0.439. The second-order valence-electron chi connectivity index (χ2n) is 3.30. The molecule has 1 aliphatic carbocycles. The molecule has 0 aliphatic heterocycles. The first-order chi connectivity index (χ1) is 6.25. The first kappa shape index (κ1) is 9.96. The highest BCUT2D eigenvalue weighted by Crippen LogP contribution is 2.20. The molecule has 13 heavy (non-hydrogen) atoms. The first-order valence-corrected chi connectivity index (χ1v) is 4.67. The summed E-state index contributed by atoms with van der Waals surface area (Å²) in [5.41, 5.74) is 0. The average molecular weight is 181 g/mol. The molecule has 0 aromatic heterocycles. The van der Waals surface area contributed by atoms with Crippen molar-refractivity contribution in [2.24, 2.45) is 5.92 Å². The van der Waals surface area contributed by atoms with E-state index in [1.807, 2.05) is 0 Å². The number of carbonyl (C=O) groups excluding carboxylic acids is 2. The molecule has 1 rings (SSSR count). The van der Waals surface area contributed by atoms with Crippen LogP contribution in [-0.4, -0.2) is 18.2 Å². The number of nitrogens with one attached hydrogen (secondary N) is 1. The van der Waals surface area contributed by atoms with Gasteiger partial charge in [-0.05, 0) is 12.8 Å². The third-order valence-corrected chi connectivity index (χ3v) is 2.29. The largest absolute Gasteiger partial charge is 0.352 e. The van der Waals surface area contributed by atoms with Gasteiger partial charge in [-0.2, -0.15) is 0 Å². The Kier molecular flexibility index (Phi) is 3.68. The SMILES string of the molecule is C=CCNC(=O)C1CCCCC1=O. The standard InChI is InChI=1S/C10H15NO2/c1-2-7-11-10(13)8-5-3-4-6-9(8)12/h2,8H,1,3-7H2,(H,11,13). The Bertz CT molecular complexity index is 223. The Hall–Kier alpha value is -1.12. The van der Waals surface area contributed by atoms with Crippen molar-refractivity contribution in [2.45, 2.75) is 25.7 Å². The first-order valence-electron chi connectivity index (χ1n) is 4.67. The summed E-state index contributed by atoms with van der Waals surface area (Å²) in [5, 5.41) is 2.65. The molecule has 3 nitrogen and oxygen atoms in total. The summed E-state index contributed by atoms with van der Waals surface area (Å²) in [4.78, 5) is 22.7. The Morgan fingerprint density at radius 3 is 3.00 bits per heavy atom. The van der Waals surface area contributed by atoms with Crippen LogP contribution in [0.4, 0.5) is 0 Å². The molecule has 0 bridgehead atoms. The van der Waals surface area contributed by atoms with E-state index in [1.165, 1.54) is 0 Å². The zero-order chi connectivity index (χ0) is 9.68. The minimum atomic E-state index is -0.395. The van der Waals surface area contributed by atoms with Gasteiger partial charge in [0.25, 0.3) is 0 Å². The van der Waals surface area contributed by atoms with E-state index in [0.29, 0.717) is 19.4 Å². The lowest BCUT2D eigenvalue weighted by atomic mass is 9.87. The van der Waals surface area contributed by atoms with Crippen molar-refractivity contribution >= 4 is 11.7 Å². The molecule has 72 valence electrons. The average Bonchev–Trinajstić information content (AvgIpc) is 2.15. The second-order valence-corrected chi connectivity index (χ2v) is 3.30. The van der Waals surface area contributed by atoms with Gasteiger partial charge in [-0.15, -0.1) is 6.58 Å². The van der Waals surface area contributed by atoms with Crippen molar-refractivity contribution in [3.05, 3.63) is 12.7 Å². The lowest BCUT2D eigenvalue weighted by Gasteiger charge is -2.19. The van der Waals surface area contributed by atoms with Crippen LogP contribution in [0.3, 0.4) is 0 Å². The summed E-state index contributed by atoms with van der Waals surface area (Å²) in [6, 6.07) is 0. The van der Waals surface area contributed by atoms with Gasteiger partial charge in [-0.3, -0.25) is 9.59 Å². The fourth-order valence-corrected chi connectivity index (χ4v) is 1.56. The normalized spacial score (nSPS) is 22.5. The molecular formula is C10H15NO2. The van der Waals surface area contributed by atoms with Crippen molar-refractivity contribution in [1.82, 2.24) is 5.32 Å². The summed E-state index contributed by atoms with van der Waals surface area (Å²) < 4.78 is 0. The van der Waals surface area contributed by atoms with Gasteiger partial charge in [0.1, 0.15) is 5.78 Å². The highest BCUT2D eigenvalue weighted by atomic mass is 16.2. The van der Waals surface area contributed by atoms with Crippen molar-refractivity contribution in [3.63, 3.8) is 0 Å². The maximum absolute atomic E-state index is 11.4. The predicted molar refractivity (Wildman–Crippen MR) is 50.2 cm³/mol. The van der Waals surface area contributed by atoms with Crippen LogP contribution in [0.2, 0.25) is 0 Å². The number of carbonyl (C=O) groups is 2. The van der Waals surface area contributed by atoms with E-state index < -0.39 is 5.92 Å². The quantitative estimate of drug-likeness (QED) is 0.522. The number of rotatable bonds is 3. The van der Waals surface area contributed by atoms with Crippen LogP contribution in [0.1, 0.15) is 25.7 Å². The lowest BCUT2D eigenvalue weighted by molar-refractivity contribution is -0.135. The lowest BCUT2D eigenvalue weighted by Crippen LogP contribution is -2.36. The van der Waals surface area contributed by atoms with Crippen LogP contribution in [0.15, 0.2) is 12.7 Å². The molecule has 1 fully saturated rings. The Labute approximate surface area is 78.2 Å². The van der Waals surface area contributed by atoms with Crippen LogP contribution in [-0.2, 0) is 9.59 Å². The topological polar surface area (TPSA) is 46.2 Å². The molecule has 0 spiro atoms. The van der Waals surface area contributed by atoms with E-state index >= 15 is 0 Å². The number of Topliss-reactive ketones (excluding diaryl/α,β-unsaturated/α-hetero) is 1. The van der Waals surface area contributed by atoms with Gasteiger partial charge in [0.05, 0.1) is 5.92 Å². The molecule has 1 amide bonds. The maximum atomic E-state index is 11.4. The zero-order valence-electron chi connectivity index (χ0n) is 7.71. The summed E-state index contributed by atoms with van der Waals surface area (Å²) in [7, 11) is 0. The van der Waals surface area contributed by atoms with Crippen molar-refractivity contribution < 1.29 is 9.59 Å². The van der Waals surface area contributed by atoms with Crippen molar-refractivity contribution in [3.8, 4) is 0 Å². The summed E-state index contributed by atoms with van der Waals surface area (Å²) in [6.07, 6.45) is 4.81. The maximum Gasteiger partial charge on any atom is 0.230 e. The van der Waals surface area contributed by atoms with Gasteiger partial charge >= 0.3 is 0 Å². The van der Waals surface area contributed by atoms with E-state index in [4.69, 9.17) is 0 Å². The van der Waals surface area contributed by atoms with Crippen LogP contribution in [0, 0.1) is 5.92 Å². The molecule has 1 atom stereocenters. The van der Waals surface area contributed by atoms with E-state index in [-0.39, 0.29) is 11.7 Å². The third-order valence-electron chi connectivity index (χ3n) is 2.29. The molecule has 0 saturated heterocycles. The van der Waals surface area contributed by atoms with Crippen LogP contribution >= 0.6 is 0 Å². The predicted octanol–water partition coefficient (Wildman–Crippen LogP) is 1.05. The molecule has 0 radical (unpaired) electrons. The van der Waals surface area contributed by atoms with Gasteiger partial charge in [-0.25, -0.2) is 0 Å². The third kappa shape index (κ3) is 2.68. The highest BCUT2D eigenvalue weighted by Gasteiger charge is 2.28. The monoisotopic (exact) mass is 181 g/mol. The summed E-state index contributed by atoms with van der Waals surface area (Å²) in [6.45, 7) is 3.94. The highest BCUT2D eigenvalue weighted by molar-refractivity contribution is 6.01. The molecule has 1 unspecified atom stereocenters. The van der Waals surface area contributed by atoms with Gasteiger partial charge in [0, 0.05) is 13.0 Å². The fraction of sp³-hybridized carbons (Fsp3) is 0.600. The van der Waals surface area contributed by atoms with Gasteiger partial charge < -0.3 is 5.32 Å². The van der Waals surface area contributed by atoms with E-state index in [1.54, 1.807) is 6.08 Å². The zero-order valence-corrected chi connectivity index (χ0v) is 7.71. The minimum Gasteiger partial charge on any atom is -0.352 e. The Morgan fingerprint density at radius 2 is 2.38 bits per heavy atom. The van der Waals surface area contributed by atoms with E-state index in [0.717, 1.165) is 12.8 Å². The fourth-order valence-electron chi connectivity index (χ4n) is 1.56. The number of ketones is 1. The number of hydrogen-bond donors (Lipinski definition) is 1. The number of amides is 1. The molecule has 1 saturated carbocycles. The Balaban J connectivity index is 2.43. The molecule has 0 aromatic carbocycles. The molecule has 3 heteroatoms. The van der Waals surface area contributed by atoms with Gasteiger partial charge in [0.15, 0.2) is 0 Å². The minimum absolute atomic E-state index is 0.0906. The smallest absolute Gasteiger partial charge is 0.230 e. The molecule has 0 heterocycles. The van der Waals surface area contributed by atoms with Gasteiger partial charge in [0.2, 0.25) is 5.91 Å². The molecular weight excluding hydrogens is 166 g/mol. The van der Waals surface area contributed by atoms with Crippen LogP contribution in [0.25, 0.3) is 0 Å². The molecule has 1 aliphatic rings. The Morgan fingerprint density at radius 1 is 1.62 bits per heavy atom. The summed E-state index contributed by atoms with van der Waals surface area (Å²) >= 11 is 0. The van der Waals surface area contributed by atoms with Crippen LogP contribution < -0.4 is 5.32 Å². The number of hydrogen-bond acceptors (Lipinski definition) is 2. The molecule has 1 N–H and O–H groups in total. The van der Waals surface area contributed by atoms with Crippen molar-refractivity contribution in [2.75, 3.05) is 6.54 Å². The second kappa shape index (κ2) is 4.80. The van der Waals surface area contributed by atoms with Crippen molar-refractivity contribution in [1.29, 1.82) is 0 Å². The van der Waals surface area contributed by atoms with Gasteiger partial charge in [-0.1, -0.05) is 12.5 Å². The van der Waals surface area contributed by atoms with E-state index in [2.05, 4.69) is 11.9 Å². The van der Waals surface area contributed by atoms with Crippen LogP contribution in [0.5, 0.6) is 0 Å². The van der Waals surface area contributed by atoms with E-state index in [9.17, 15) is 9.59 Å².